The van der Waals surface area contributed by atoms with Gasteiger partial charge in [0, 0.05) is 20.9 Å². The predicted octanol–water partition coefficient (Wildman–Crippen LogP) is 6.34. The smallest absolute Gasteiger partial charge is 0.255 e. The van der Waals surface area contributed by atoms with Crippen LogP contribution in [0.3, 0.4) is 0 Å². The van der Waals surface area contributed by atoms with E-state index in [1.807, 2.05) is 54.7 Å². The van der Waals surface area contributed by atoms with Crippen molar-refractivity contribution in [1.82, 2.24) is 4.98 Å². The molecule has 2 aromatic carbocycles. The first kappa shape index (κ1) is 19.5. The Morgan fingerprint density at radius 2 is 1.78 bits per heavy atom. The van der Waals surface area contributed by atoms with Gasteiger partial charge < -0.3 is 5.32 Å². The van der Waals surface area contributed by atoms with Crippen LogP contribution in [0.25, 0.3) is 11.3 Å². The number of pyridine rings is 1. The van der Waals surface area contributed by atoms with Gasteiger partial charge in [-0.15, -0.1) is 0 Å². The van der Waals surface area contributed by atoms with Crippen LogP contribution < -0.4 is 5.32 Å². The highest BCUT2D eigenvalue weighted by Gasteiger charge is 2.08. The minimum atomic E-state index is -0.107. The third-order valence-electron chi connectivity index (χ3n) is 4.46. The highest BCUT2D eigenvalue weighted by Crippen LogP contribution is 2.21. The number of carbonyl (C=O) groups excluding carboxylic acids is 1. The van der Waals surface area contributed by atoms with Crippen molar-refractivity contribution >= 4 is 34.2 Å². The molecule has 1 heterocycles. The Balaban J connectivity index is 1.66. The molecule has 1 N–H and O–H groups in total. The monoisotopic (exact) mass is 470 g/mol. The van der Waals surface area contributed by atoms with E-state index < -0.39 is 0 Å². The summed E-state index contributed by atoms with van der Waals surface area (Å²) in [7, 11) is 0. The Hall–Kier alpha value is -2.21. The van der Waals surface area contributed by atoms with E-state index in [2.05, 4.69) is 51.9 Å². The number of nitrogens with one attached hydrogen (secondary N) is 1. The Bertz CT molecular complexity index is 889. The molecule has 3 rings (SSSR count). The van der Waals surface area contributed by atoms with E-state index >= 15 is 0 Å². The normalized spacial score (nSPS) is 10.6. The van der Waals surface area contributed by atoms with E-state index in [-0.39, 0.29) is 5.91 Å². The van der Waals surface area contributed by atoms with Crippen molar-refractivity contribution in [2.24, 2.45) is 0 Å². The van der Waals surface area contributed by atoms with Crippen LogP contribution in [0.4, 0.5) is 5.69 Å². The van der Waals surface area contributed by atoms with E-state index in [1.54, 1.807) is 0 Å². The van der Waals surface area contributed by atoms with Crippen LogP contribution in [0, 0.1) is 3.57 Å². The van der Waals surface area contributed by atoms with E-state index in [0.717, 1.165) is 26.9 Å². The molecule has 0 aliphatic heterocycles. The number of rotatable bonds is 7. The fraction of sp³-hybridized carbons (Fsp3) is 0.217. The third-order valence-corrected chi connectivity index (χ3v) is 5.40. The van der Waals surface area contributed by atoms with Gasteiger partial charge in [-0.1, -0.05) is 50.1 Å². The first-order chi connectivity index (χ1) is 13.2. The maximum atomic E-state index is 12.5. The summed E-state index contributed by atoms with van der Waals surface area (Å²) in [5.74, 6) is -0.107. The van der Waals surface area contributed by atoms with E-state index in [0.29, 0.717) is 5.56 Å². The van der Waals surface area contributed by atoms with Crippen molar-refractivity contribution in [2.45, 2.75) is 32.6 Å². The van der Waals surface area contributed by atoms with E-state index in [1.165, 1.54) is 24.8 Å². The largest absolute Gasteiger partial charge is 0.321 e. The molecule has 0 bridgehead atoms. The van der Waals surface area contributed by atoms with Gasteiger partial charge in [0.2, 0.25) is 0 Å². The molecule has 0 spiro atoms. The van der Waals surface area contributed by atoms with Crippen molar-refractivity contribution in [3.8, 4) is 11.3 Å². The molecule has 4 heteroatoms. The van der Waals surface area contributed by atoms with Crippen LogP contribution in [0.1, 0.15) is 42.1 Å². The van der Waals surface area contributed by atoms with Gasteiger partial charge in [-0.25, -0.2) is 0 Å². The molecule has 3 aromatic rings. The molecule has 0 radical (unpaired) electrons. The summed E-state index contributed by atoms with van der Waals surface area (Å²) >= 11 is 2.22. The number of para-hydroxylation sites is 1. The Kier molecular flexibility index (Phi) is 6.98. The number of unbranched alkanes of at least 4 members (excludes halogenated alkanes) is 2. The van der Waals surface area contributed by atoms with Gasteiger partial charge in [0.25, 0.3) is 5.91 Å². The Labute approximate surface area is 174 Å². The van der Waals surface area contributed by atoms with Crippen molar-refractivity contribution < 1.29 is 4.79 Å². The zero-order chi connectivity index (χ0) is 19.1. The Morgan fingerprint density at radius 3 is 2.44 bits per heavy atom. The highest BCUT2D eigenvalue weighted by molar-refractivity contribution is 14.1. The van der Waals surface area contributed by atoms with Crippen LogP contribution in [0.2, 0.25) is 0 Å². The third kappa shape index (κ3) is 5.39. The van der Waals surface area contributed by atoms with Gasteiger partial charge >= 0.3 is 0 Å². The molecule has 138 valence electrons. The Morgan fingerprint density at radius 1 is 1.00 bits per heavy atom. The van der Waals surface area contributed by atoms with Gasteiger partial charge in [0.15, 0.2) is 0 Å². The molecule has 0 aliphatic carbocycles. The lowest BCUT2D eigenvalue weighted by molar-refractivity contribution is 0.102. The number of carbonyl (C=O) groups is 1. The average Bonchev–Trinajstić information content (AvgIpc) is 2.70. The van der Waals surface area contributed by atoms with Gasteiger partial charge in [0.05, 0.1) is 11.4 Å². The highest BCUT2D eigenvalue weighted by atomic mass is 127. The molecule has 1 aromatic heterocycles. The van der Waals surface area contributed by atoms with E-state index in [4.69, 9.17) is 0 Å². The summed E-state index contributed by atoms with van der Waals surface area (Å²) < 4.78 is 1.02. The molecule has 0 atom stereocenters. The first-order valence-corrected chi connectivity index (χ1v) is 10.4. The molecule has 0 saturated carbocycles. The second-order valence-electron chi connectivity index (χ2n) is 6.52. The summed E-state index contributed by atoms with van der Waals surface area (Å²) in [6, 6.07) is 19.5. The SMILES string of the molecule is CCCCCc1ccc(-c2ccc(C(=O)Nc3ccccc3I)cc2)nc1. The van der Waals surface area contributed by atoms with Crippen LogP contribution in [-0.2, 0) is 6.42 Å². The molecular weight excluding hydrogens is 447 g/mol. The lowest BCUT2D eigenvalue weighted by Crippen LogP contribution is -2.12. The van der Waals surface area contributed by atoms with Gasteiger partial charge in [-0.05, 0) is 71.3 Å². The molecule has 0 unspecified atom stereocenters. The number of hydrogen-bond acceptors (Lipinski definition) is 2. The summed E-state index contributed by atoms with van der Waals surface area (Å²) in [5, 5.41) is 2.96. The average molecular weight is 470 g/mol. The lowest BCUT2D eigenvalue weighted by atomic mass is 10.1. The number of halogens is 1. The first-order valence-electron chi connectivity index (χ1n) is 9.28. The van der Waals surface area contributed by atoms with Crippen molar-refractivity contribution in [2.75, 3.05) is 5.32 Å². The second-order valence-corrected chi connectivity index (χ2v) is 7.68. The minimum Gasteiger partial charge on any atom is -0.321 e. The number of benzene rings is 2. The lowest BCUT2D eigenvalue weighted by Gasteiger charge is -2.08. The molecular formula is C23H23IN2O. The molecule has 0 aliphatic rings. The van der Waals surface area contributed by atoms with Crippen molar-refractivity contribution in [3.05, 3.63) is 81.6 Å². The van der Waals surface area contributed by atoms with Crippen LogP contribution >= 0.6 is 22.6 Å². The maximum Gasteiger partial charge on any atom is 0.255 e. The molecule has 27 heavy (non-hydrogen) atoms. The summed E-state index contributed by atoms with van der Waals surface area (Å²) in [5.41, 5.74) is 4.68. The van der Waals surface area contributed by atoms with Gasteiger partial charge in [0.1, 0.15) is 0 Å². The number of anilines is 1. The van der Waals surface area contributed by atoms with Gasteiger partial charge in [-0.3, -0.25) is 9.78 Å². The number of aryl methyl sites for hydroxylation is 1. The molecule has 0 saturated heterocycles. The maximum absolute atomic E-state index is 12.5. The quantitative estimate of drug-likeness (QED) is 0.324. The molecule has 1 amide bonds. The minimum absolute atomic E-state index is 0.107. The number of hydrogen-bond donors (Lipinski definition) is 1. The zero-order valence-corrected chi connectivity index (χ0v) is 17.6. The van der Waals surface area contributed by atoms with Crippen LogP contribution in [-0.4, -0.2) is 10.9 Å². The van der Waals surface area contributed by atoms with Crippen molar-refractivity contribution in [1.29, 1.82) is 0 Å². The molecule has 0 fully saturated rings. The van der Waals surface area contributed by atoms with Crippen molar-refractivity contribution in [3.63, 3.8) is 0 Å². The number of amides is 1. The predicted molar refractivity (Wildman–Crippen MR) is 120 cm³/mol. The fourth-order valence-electron chi connectivity index (χ4n) is 2.87. The summed E-state index contributed by atoms with van der Waals surface area (Å²) in [6.07, 6.45) is 6.74. The second kappa shape index (κ2) is 9.65. The van der Waals surface area contributed by atoms with Gasteiger partial charge in [-0.2, -0.15) is 0 Å². The fourth-order valence-corrected chi connectivity index (χ4v) is 3.39. The summed E-state index contributed by atoms with van der Waals surface area (Å²) in [6.45, 7) is 2.21. The topological polar surface area (TPSA) is 42.0 Å². The van der Waals surface area contributed by atoms with E-state index in [9.17, 15) is 4.79 Å². The summed E-state index contributed by atoms with van der Waals surface area (Å²) in [4.78, 5) is 17.0. The standard InChI is InChI=1S/C23H23IN2O/c1-2-3-4-7-17-10-15-21(25-16-17)18-11-13-19(14-12-18)23(27)26-22-9-6-5-8-20(22)24/h5-6,8-16H,2-4,7H2,1H3,(H,26,27). The van der Waals surface area contributed by atoms with Crippen LogP contribution in [0.5, 0.6) is 0 Å². The van der Waals surface area contributed by atoms with Crippen LogP contribution in [0.15, 0.2) is 66.9 Å². The number of nitrogens with zero attached hydrogens (tertiary/aromatic N) is 1. The zero-order valence-electron chi connectivity index (χ0n) is 15.4. The molecule has 3 nitrogen and oxygen atoms in total. The number of aromatic nitrogens is 1.